The van der Waals surface area contributed by atoms with Gasteiger partial charge in [-0.2, -0.15) is 5.26 Å². The predicted octanol–water partition coefficient (Wildman–Crippen LogP) is 4.33. The minimum absolute atomic E-state index is 0.155. The molecule has 0 atom stereocenters. The summed E-state index contributed by atoms with van der Waals surface area (Å²) in [4.78, 5) is 16.8. The van der Waals surface area contributed by atoms with Crippen molar-refractivity contribution >= 4 is 23.3 Å². The summed E-state index contributed by atoms with van der Waals surface area (Å²) in [5, 5.41) is 15.4. The molecule has 0 aliphatic heterocycles. The van der Waals surface area contributed by atoms with Crippen molar-refractivity contribution in [3.05, 3.63) is 44.7 Å². The summed E-state index contributed by atoms with van der Waals surface area (Å²) >= 11 is 1.68. The maximum absolute atomic E-state index is 12.3. The smallest absolute Gasteiger partial charge is 0.261 e. The molecule has 6 heteroatoms. The number of thiazole rings is 1. The van der Waals surface area contributed by atoms with Crippen LogP contribution in [-0.2, 0) is 17.8 Å². The molecule has 2 aromatic rings. The number of aryl methyl sites for hydroxylation is 3. The summed E-state index contributed by atoms with van der Waals surface area (Å²) in [5.74, 6) is -0.303. The van der Waals surface area contributed by atoms with E-state index < -0.39 is 0 Å². The number of hydrogen-bond donors (Lipinski definition) is 1. The maximum atomic E-state index is 12.3. The van der Waals surface area contributed by atoms with Crippen LogP contribution in [0.2, 0.25) is 0 Å². The first kappa shape index (κ1) is 20.9. The van der Waals surface area contributed by atoms with Crippen molar-refractivity contribution in [2.24, 2.45) is 0 Å². The Balaban J connectivity index is 1.89. The third-order valence-electron chi connectivity index (χ3n) is 4.49. The van der Waals surface area contributed by atoms with Crippen molar-refractivity contribution in [1.82, 2.24) is 14.9 Å². The van der Waals surface area contributed by atoms with Crippen LogP contribution in [0.15, 0.2) is 17.0 Å². The van der Waals surface area contributed by atoms with E-state index in [1.54, 1.807) is 17.4 Å². The fraction of sp³-hybridized carbons (Fsp3) is 0.476. The molecule has 0 radical (unpaired) electrons. The van der Waals surface area contributed by atoms with Crippen molar-refractivity contribution in [3.63, 3.8) is 0 Å². The van der Waals surface area contributed by atoms with Crippen LogP contribution in [0.3, 0.4) is 0 Å². The summed E-state index contributed by atoms with van der Waals surface area (Å²) in [7, 11) is 0. The van der Waals surface area contributed by atoms with Gasteiger partial charge in [-0.3, -0.25) is 4.79 Å². The Morgan fingerprint density at radius 1 is 1.37 bits per heavy atom. The monoisotopic (exact) mass is 384 g/mol. The normalized spacial score (nSPS) is 11.4. The van der Waals surface area contributed by atoms with E-state index in [1.165, 1.54) is 0 Å². The lowest BCUT2D eigenvalue weighted by atomic mass is 10.1. The summed E-state index contributed by atoms with van der Waals surface area (Å²) in [6.45, 7) is 9.72. The molecule has 2 aromatic heterocycles. The van der Waals surface area contributed by atoms with Gasteiger partial charge in [-0.25, -0.2) is 4.98 Å². The van der Waals surface area contributed by atoms with Crippen LogP contribution in [0.5, 0.6) is 0 Å². The molecule has 5 nitrogen and oxygen atoms in total. The molecule has 0 saturated heterocycles. The summed E-state index contributed by atoms with van der Waals surface area (Å²) in [5.41, 5.74) is 4.39. The van der Waals surface area contributed by atoms with Gasteiger partial charge in [-0.1, -0.05) is 6.92 Å². The standard InChI is InChI=1S/C21H28N4OS/c1-5-10-25-16(3)11-18(17(25)4)12-19(13-22)21(26)23-9-7-6-8-20-24-15(2)14-27-20/h11-12,14H,5-10H2,1-4H3,(H,23,26)/b19-12+. The van der Waals surface area contributed by atoms with Crippen molar-refractivity contribution < 1.29 is 4.79 Å². The number of nitriles is 1. The average molecular weight is 385 g/mol. The number of carbonyl (C=O) groups excluding carboxylic acids is 1. The Hall–Kier alpha value is -2.39. The number of nitrogens with one attached hydrogen (secondary N) is 1. The maximum Gasteiger partial charge on any atom is 0.261 e. The molecule has 144 valence electrons. The first-order valence-electron chi connectivity index (χ1n) is 9.44. The second-order valence-corrected chi connectivity index (χ2v) is 7.69. The number of unbranched alkanes of at least 4 members (excludes halogenated alkanes) is 1. The Morgan fingerprint density at radius 2 is 2.15 bits per heavy atom. The van der Waals surface area contributed by atoms with E-state index in [9.17, 15) is 10.1 Å². The Morgan fingerprint density at radius 3 is 2.78 bits per heavy atom. The predicted molar refractivity (Wildman–Crippen MR) is 111 cm³/mol. The number of amides is 1. The topological polar surface area (TPSA) is 70.7 Å². The van der Waals surface area contributed by atoms with Crippen molar-refractivity contribution in [2.75, 3.05) is 6.54 Å². The van der Waals surface area contributed by atoms with Gasteiger partial charge in [0.05, 0.1) is 5.01 Å². The SMILES string of the molecule is CCCn1c(C)cc(/C=C(\C#N)C(=O)NCCCCc2nc(C)cs2)c1C. The van der Waals surface area contributed by atoms with E-state index in [0.29, 0.717) is 6.54 Å². The molecular weight excluding hydrogens is 356 g/mol. The quantitative estimate of drug-likeness (QED) is 0.397. The van der Waals surface area contributed by atoms with E-state index >= 15 is 0 Å². The molecule has 0 aliphatic rings. The van der Waals surface area contributed by atoms with Crippen LogP contribution in [0, 0.1) is 32.1 Å². The number of rotatable bonds is 9. The fourth-order valence-electron chi connectivity index (χ4n) is 3.06. The lowest BCUT2D eigenvalue weighted by molar-refractivity contribution is -0.117. The van der Waals surface area contributed by atoms with Gasteiger partial charge in [0.25, 0.3) is 5.91 Å². The van der Waals surface area contributed by atoms with Crippen LogP contribution in [0.4, 0.5) is 0 Å². The molecule has 1 amide bonds. The second-order valence-electron chi connectivity index (χ2n) is 6.74. The third-order valence-corrected chi connectivity index (χ3v) is 5.52. The summed E-state index contributed by atoms with van der Waals surface area (Å²) in [6, 6.07) is 4.07. The van der Waals surface area contributed by atoms with E-state index in [0.717, 1.165) is 59.9 Å². The highest BCUT2D eigenvalue weighted by molar-refractivity contribution is 7.09. The second kappa shape index (κ2) is 10.1. The zero-order chi connectivity index (χ0) is 19.8. The zero-order valence-corrected chi connectivity index (χ0v) is 17.4. The van der Waals surface area contributed by atoms with E-state index in [4.69, 9.17) is 0 Å². The van der Waals surface area contributed by atoms with E-state index in [1.807, 2.05) is 26.0 Å². The number of aromatic nitrogens is 2. The van der Waals surface area contributed by atoms with Gasteiger partial charge >= 0.3 is 0 Å². The van der Waals surface area contributed by atoms with E-state index in [2.05, 4.69) is 34.1 Å². The molecule has 0 aromatic carbocycles. The largest absolute Gasteiger partial charge is 0.351 e. The minimum Gasteiger partial charge on any atom is -0.351 e. The molecule has 0 aliphatic carbocycles. The van der Waals surface area contributed by atoms with Crippen LogP contribution < -0.4 is 5.32 Å². The highest BCUT2D eigenvalue weighted by Gasteiger charge is 2.12. The number of hydrogen-bond acceptors (Lipinski definition) is 4. The lowest BCUT2D eigenvalue weighted by Crippen LogP contribution is -2.25. The Kier molecular flexibility index (Phi) is 7.81. The van der Waals surface area contributed by atoms with Gasteiger partial charge in [0.15, 0.2) is 0 Å². The molecule has 0 saturated carbocycles. The van der Waals surface area contributed by atoms with Crippen molar-refractivity contribution in [1.29, 1.82) is 5.26 Å². The van der Waals surface area contributed by atoms with Crippen molar-refractivity contribution in [3.8, 4) is 6.07 Å². The van der Waals surface area contributed by atoms with Gasteiger partial charge < -0.3 is 9.88 Å². The van der Waals surface area contributed by atoms with Crippen molar-refractivity contribution in [2.45, 2.75) is 59.9 Å². The van der Waals surface area contributed by atoms with Gasteiger partial charge in [-0.05, 0) is 64.2 Å². The first-order chi connectivity index (χ1) is 13.0. The van der Waals surface area contributed by atoms with Gasteiger partial charge in [0.2, 0.25) is 0 Å². The molecule has 0 spiro atoms. The Labute approximate surface area is 165 Å². The van der Waals surface area contributed by atoms with E-state index in [-0.39, 0.29) is 11.5 Å². The van der Waals surface area contributed by atoms with Gasteiger partial charge in [-0.15, -0.1) is 11.3 Å². The highest BCUT2D eigenvalue weighted by atomic mass is 32.1. The molecule has 0 bridgehead atoms. The third kappa shape index (κ3) is 5.80. The molecule has 2 rings (SSSR count). The molecular formula is C21H28N4OS. The van der Waals surface area contributed by atoms with Gasteiger partial charge in [0, 0.05) is 35.6 Å². The number of nitrogens with zero attached hydrogens (tertiary/aromatic N) is 3. The van der Waals surface area contributed by atoms with Crippen LogP contribution in [0.25, 0.3) is 6.08 Å². The average Bonchev–Trinajstić information content (AvgIpc) is 3.17. The molecule has 0 unspecified atom stereocenters. The molecule has 2 heterocycles. The summed E-state index contributed by atoms with van der Waals surface area (Å²) in [6.07, 6.45) is 5.51. The Bertz CT molecular complexity index is 854. The molecule has 0 fully saturated rings. The molecule has 27 heavy (non-hydrogen) atoms. The minimum atomic E-state index is -0.303. The first-order valence-corrected chi connectivity index (χ1v) is 10.3. The van der Waals surface area contributed by atoms with Crippen LogP contribution in [-0.4, -0.2) is 22.0 Å². The van der Waals surface area contributed by atoms with Gasteiger partial charge in [0.1, 0.15) is 11.6 Å². The van der Waals surface area contributed by atoms with Crippen LogP contribution in [0.1, 0.15) is 53.8 Å². The zero-order valence-electron chi connectivity index (χ0n) is 16.6. The molecule has 1 N–H and O–H groups in total. The van der Waals surface area contributed by atoms with Crippen LogP contribution >= 0.6 is 11.3 Å². The fourth-order valence-corrected chi connectivity index (χ4v) is 3.88. The lowest BCUT2D eigenvalue weighted by Gasteiger charge is -2.07. The summed E-state index contributed by atoms with van der Waals surface area (Å²) < 4.78 is 2.22. The highest BCUT2D eigenvalue weighted by Crippen LogP contribution is 2.19. The number of carbonyl (C=O) groups is 1.